The Kier molecular flexibility index (Phi) is 6.52. The van der Waals surface area contributed by atoms with Crippen molar-refractivity contribution in [2.45, 2.75) is 19.9 Å². The summed E-state index contributed by atoms with van der Waals surface area (Å²) in [7, 11) is 3.25. The predicted molar refractivity (Wildman–Crippen MR) is 93.1 cm³/mol. The second-order valence-electron chi connectivity index (χ2n) is 5.82. The van der Waals surface area contributed by atoms with Crippen molar-refractivity contribution in [2.75, 3.05) is 40.4 Å². The maximum Gasteiger partial charge on any atom is 0.188 e. The van der Waals surface area contributed by atoms with Crippen LogP contribution in [0.4, 0.5) is 0 Å². The zero-order valence-electron chi connectivity index (χ0n) is 14.3. The number of ether oxygens (including phenoxy) is 2. The van der Waals surface area contributed by atoms with E-state index in [0.29, 0.717) is 29.9 Å². The fourth-order valence-corrected chi connectivity index (χ4v) is 2.83. The number of benzene rings is 1. The summed E-state index contributed by atoms with van der Waals surface area (Å²) in [5.74, 6) is 2.57. The molecule has 6 heteroatoms. The topological polar surface area (TPSA) is 72.1 Å². The standard InChI is InChI=1S/C17H28N4O2/c1-4-21-8-7-14(12-21)11-20-17(18)19-10-13-5-6-15(22-2)16(9-13)23-3/h5-6,9,14H,4,7-8,10-12H2,1-3H3,(H3,18,19,20). The molecule has 1 aromatic carbocycles. The lowest BCUT2D eigenvalue weighted by Gasteiger charge is -2.14. The first-order chi connectivity index (χ1) is 11.2. The molecule has 1 unspecified atom stereocenters. The molecule has 0 aliphatic carbocycles. The Hall–Kier alpha value is -1.95. The fourth-order valence-electron chi connectivity index (χ4n) is 2.83. The number of hydrogen-bond acceptors (Lipinski definition) is 4. The Morgan fingerprint density at radius 2 is 2.13 bits per heavy atom. The maximum atomic E-state index is 5.96. The second kappa shape index (κ2) is 8.62. The summed E-state index contributed by atoms with van der Waals surface area (Å²) < 4.78 is 10.5. The summed E-state index contributed by atoms with van der Waals surface area (Å²) in [4.78, 5) is 6.86. The summed E-state index contributed by atoms with van der Waals surface area (Å²) in [6.07, 6.45) is 1.23. The Morgan fingerprint density at radius 3 is 2.78 bits per heavy atom. The van der Waals surface area contributed by atoms with E-state index in [1.165, 1.54) is 13.0 Å². The predicted octanol–water partition coefficient (Wildman–Crippen LogP) is 1.45. The smallest absolute Gasteiger partial charge is 0.188 e. The molecule has 1 saturated heterocycles. The number of likely N-dealkylation sites (tertiary alicyclic amines) is 1. The van der Waals surface area contributed by atoms with Crippen molar-refractivity contribution in [1.29, 1.82) is 0 Å². The quantitative estimate of drug-likeness (QED) is 0.588. The molecule has 1 aliphatic rings. The number of nitrogens with two attached hydrogens (primary N) is 1. The number of methoxy groups -OCH3 is 2. The van der Waals surface area contributed by atoms with Gasteiger partial charge in [0.1, 0.15) is 0 Å². The molecule has 0 spiro atoms. The molecule has 0 saturated carbocycles. The Balaban J connectivity index is 1.82. The van der Waals surface area contributed by atoms with Crippen LogP contribution < -0.4 is 20.5 Å². The third kappa shape index (κ3) is 5.03. The van der Waals surface area contributed by atoms with E-state index >= 15 is 0 Å². The molecule has 0 amide bonds. The van der Waals surface area contributed by atoms with Gasteiger partial charge in [-0.05, 0) is 43.1 Å². The Labute approximate surface area is 138 Å². The third-order valence-electron chi connectivity index (χ3n) is 4.27. The highest BCUT2D eigenvalue weighted by Gasteiger charge is 2.20. The second-order valence-corrected chi connectivity index (χ2v) is 5.82. The molecule has 23 heavy (non-hydrogen) atoms. The molecule has 3 N–H and O–H groups in total. The van der Waals surface area contributed by atoms with Gasteiger partial charge >= 0.3 is 0 Å². The van der Waals surface area contributed by atoms with Crippen LogP contribution in [-0.4, -0.2) is 51.3 Å². The lowest BCUT2D eigenvalue weighted by molar-refractivity contribution is 0.342. The zero-order chi connectivity index (χ0) is 16.7. The third-order valence-corrected chi connectivity index (χ3v) is 4.27. The Morgan fingerprint density at radius 1 is 1.35 bits per heavy atom. The molecule has 1 aliphatic heterocycles. The number of nitrogens with zero attached hydrogens (tertiary/aromatic N) is 2. The SMILES string of the molecule is CCN1CCC(CNC(N)=NCc2ccc(OC)c(OC)c2)C1. The van der Waals surface area contributed by atoms with E-state index in [1.54, 1.807) is 14.2 Å². The number of rotatable bonds is 7. The van der Waals surface area contributed by atoms with E-state index in [4.69, 9.17) is 15.2 Å². The minimum atomic E-state index is 0.495. The molecule has 1 atom stereocenters. The number of aliphatic imine (C=N–C) groups is 1. The van der Waals surface area contributed by atoms with Crippen molar-refractivity contribution in [3.63, 3.8) is 0 Å². The van der Waals surface area contributed by atoms with Crippen molar-refractivity contribution in [3.8, 4) is 11.5 Å². The summed E-state index contributed by atoms with van der Waals surface area (Å²) in [5.41, 5.74) is 7.00. The number of guanidine groups is 1. The van der Waals surface area contributed by atoms with Crippen LogP contribution in [0.3, 0.4) is 0 Å². The first kappa shape index (κ1) is 17.4. The first-order valence-electron chi connectivity index (χ1n) is 8.13. The van der Waals surface area contributed by atoms with Crippen molar-refractivity contribution in [2.24, 2.45) is 16.6 Å². The van der Waals surface area contributed by atoms with Crippen molar-refractivity contribution in [1.82, 2.24) is 10.2 Å². The van der Waals surface area contributed by atoms with Crippen LogP contribution in [0, 0.1) is 5.92 Å². The van der Waals surface area contributed by atoms with E-state index in [1.807, 2.05) is 18.2 Å². The highest BCUT2D eigenvalue weighted by Crippen LogP contribution is 2.27. The van der Waals surface area contributed by atoms with E-state index in [9.17, 15) is 0 Å². The molecule has 128 valence electrons. The lowest BCUT2D eigenvalue weighted by atomic mass is 10.1. The molecular weight excluding hydrogens is 292 g/mol. The molecule has 0 radical (unpaired) electrons. The van der Waals surface area contributed by atoms with Crippen LogP contribution in [0.2, 0.25) is 0 Å². The molecule has 1 heterocycles. The summed E-state index contributed by atoms with van der Waals surface area (Å²) in [6.45, 7) is 7.06. The highest BCUT2D eigenvalue weighted by molar-refractivity contribution is 5.77. The number of nitrogens with one attached hydrogen (secondary N) is 1. The van der Waals surface area contributed by atoms with Crippen LogP contribution in [-0.2, 0) is 6.54 Å². The number of hydrogen-bond donors (Lipinski definition) is 2. The molecule has 0 bridgehead atoms. The van der Waals surface area contributed by atoms with Gasteiger partial charge in [0, 0.05) is 13.1 Å². The van der Waals surface area contributed by atoms with Gasteiger partial charge in [0.25, 0.3) is 0 Å². The molecular formula is C17H28N4O2. The highest BCUT2D eigenvalue weighted by atomic mass is 16.5. The summed E-state index contributed by atoms with van der Waals surface area (Å²) in [5, 5.41) is 3.24. The molecule has 2 rings (SSSR count). The van der Waals surface area contributed by atoms with E-state index in [0.717, 1.165) is 25.2 Å². The normalized spacial score (nSPS) is 18.9. The average molecular weight is 320 g/mol. The zero-order valence-corrected chi connectivity index (χ0v) is 14.3. The van der Waals surface area contributed by atoms with Gasteiger partial charge in [0.2, 0.25) is 0 Å². The van der Waals surface area contributed by atoms with Crippen LogP contribution in [0.15, 0.2) is 23.2 Å². The van der Waals surface area contributed by atoms with Gasteiger partial charge in [-0.25, -0.2) is 4.99 Å². The van der Waals surface area contributed by atoms with Gasteiger partial charge in [0.15, 0.2) is 17.5 Å². The fraction of sp³-hybridized carbons (Fsp3) is 0.588. The minimum Gasteiger partial charge on any atom is -0.493 e. The van der Waals surface area contributed by atoms with Crippen LogP contribution in [0.25, 0.3) is 0 Å². The lowest BCUT2D eigenvalue weighted by Crippen LogP contribution is -2.36. The monoisotopic (exact) mass is 320 g/mol. The summed E-state index contributed by atoms with van der Waals surface area (Å²) >= 11 is 0. The van der Waals surface area contributed by atoms with Gasteiger partial charge in [-0.3, -0.25) is 0 Å². The molecule has 1 aromatic rings. The Bertz CT molecular complexity index is 533. The van der Waals surface area contributed by atoms with E-state index in [-0.39, 0.29) is 0 Å². The van der Waals surface area contributed by atoms with E-state index in [2.05, 4.69) is 22.1 Å². The van der Waals surface area contributed by atoms with Gasteiger partial charge in [-0.2, -0.15) is 0 Å². The molecule has 0 aromatic heterocycles. The van der Waals surface area contributed by atoms with Gasteiger partial charge in [-0.1, -0.05) is 13.0 Å². The van der Waals surface area contributed by atoms with Gasteiger partial charge in [0.05, 0.1) is 20.8 Å². The average Bonchev–Trinajstić information content (AvgIpc) is 3.05. The molecule has 6 nitrogen and oxygen atoms in total. The summed E-state index contributed by atoms with van der Waals surface area (Å²) in [6, 6.07) is 5.77. The first-order valence-corrected chi connectivity index (χ1v) is 8.13. The molecule has 1 fully saturated rings. The largest absolute Gasteiger partial charge is 0.493 e. The maximum absolute atomic E-state index is 5.96. The van der Waals surface area contributed by atoms with E-state index < -0.39 is 0 Å². The van der Waals surface area contributed by atoms with Crippen LogP contribution in [0.5, 0.6) is 11.5 Å². The van der Waals surface area contributed by atoms with Gasteiger partial charge in [-0.15, -0.1) is 0 Å². The van der Waals surface area contributed by atoms with Crippen molar-refractivity contribution in [3.05, 3.63) is 23.8 Å². The van der Waals surface area contributed by atoms with Crippen LogP contribution >= 0.6 is 0 Å². The van der Waals surface area contributed by atoms with Crippen LogP contribution in [0.1, 0.15) is 18.9 Å². The minimum absolute atomic E-state index is 0.495. The van der Waals surface area contributed by atoms with Gasteiger partial charge < -0.3 is 25.4 Å². The van der Waals surface area contributed by atoms with Crippen molar-refractivity contribution >= 4 is 5.96 Å². The van der Waals surface area contributed by atoms with Crippen molar-refractivity contribution < 1.29 is 9.47 Å².